The van der Waals surface area contributed by atoms with Crippen molar-refractivity contribution >= 4 is 5.69 Å². The Balaban J connectivity index is 2.15. The molecule has 16 heavy (non-hydrogen) atoms. The average molecular weight is 221 g/mol. The van der Waals surface area contributed by atoms with Gasteiger partial charge in [-0.1, -0.05) is 13.3 Å². The normalized spacial score (nSPS) is 14.9. The molecule has 0 bridgehead atoms. The van der Waals surface area contributed by atoms with E-state index in [4.69, 9.17) is 9.47 Å². The number of aryl methyl sites for hydroxylation is 1. The molecule has 1 unspecified atom stereocenters. The minimum atomic E-state index is 0.336. The average Bonchev–Trinajstić information content (AvgIpc) is 2.65. The van der Waals surface area contributed by atoms with Crippen LogP contribution in [0.5, 0.6) is 11.5 Å². The molecule has 1 aromatic carbocycles. The highest BCUT2D eigenvalue weighted by atomic mass is 16.7. The number of fused-ring (bicyclic) bond motifs is 1. The van der Waals surface area contributed by atoms with E-state index in [2.05, 4.69) is 26.1 Å². The molecule has 0 fully saturated rings. The van der Waals surface area contributed by atoms with Gasteiger partial charge in [0.15, 0.2) is 11.5 Å². The molecule has 1 aromatic rings. The summed E-state index contributed by atoms with van der Waals surface area (Å²) in [5, 5.41) is 3.51. The fourth-order valence-electron chi connectivity index (χ4n) is 1.97. The summed E-state index contributed by atoms with van der Waals surface area (Å²) in [7, 11) is 0. The van der Waals surface area contributed by atoms with Crippen LogP contribution in [0.4, 0.5) is 5.69 Å². The van der Waals surface area contributed by atoms with Crippen molar-refractivity contribution in [3.05, 3.63) is 17.7 Å². The smallest absolute Gasteiger partial charge is 0.231 e. The van der Waals surface area contributed by atoms with Gasteiger partial charge in [0.25, 0.3) is 0 Å². The molecule has 0 spiro atoms. The van der Waals surface area contributed by atoms with Gasteiger partial charge in [0.2, 0.25) is 6.79 Å². The number of benzene rings is 1. The van der Waals surface area contributed by atoms with Crippen molar-refractivity contribution in [3.8, 4) is 11.5 Å². The van der Waals surface area contributed by atoms with Crippen LogP contribution in [-0.4, -0.2) is 12.8 Å². The van der Waals surface area contributed by atoms with E-state index in [0.29, 0.717) is 12.8 Å². The first-order valence-electron chi connectivity index (χ1n) is 5.87. The van der Waals surface area contributed by atoms with Gasteiger partial charge < -0.3 is 14.8 Å². The van der Waals surface area contributed by atoms with Gasteiger partial charge in [-0.05, 0) is 31.9 Å². The molecular formula is C13H19NO2. The van der Waals surface area contributed by atoms with Gasteiger partial charge in [-0.2, -0.15) is 0 Å². The summed E-state index contributed by atoms with van der Waals surface area (Å²) in [5.41, 5.74) is 2.34. The molecule has 1 N–H and O–H groups in total. The fourth-order valence-corrected chi connectivity index (χ4v) is 1.97. The molecule has 0 saturated heterocycles. The standard InChI is InChI=1S/C13H19NO2/c1-4-5-10(3)14-11-7-13-12(6-9(11)2)15-8-16-13/h6-7,10,14H,4-5,8H2,1-3H3. The van der Waals surface area contributed by atoms with Crippen molar-refractivity contribution < 1.29 is 9.47 Å². The van der Waals surface area contributed by atoms with Gasteiger partial charge in [-0.25, -0.2) is 0 Å². The van der Waals surface area contributed by atoms with E-state index in [-0.39, 0.29) is 0 Å². The van der Waals surface area contributed by atoms with Crippen LogP contribution in [0.1, 0.15) is 32.3 Å². The van der Waals surface area contributed by atoms with E-state index < -0.39 is 0 Å². The summed E-state index contributed by atoms with van der Waals surface area (Å²) in [6.07, 6.45) is 2.37. The zero-order valence-corrected chi connectivity index (χ0v) is 10.2. The Bertz CT molecular complexity index is 376. The van der Waals surface area contributed by atoms with Gasteiger partial charge in [0.05, 0.1) is 0 Å². The predicted molar refractivity (Wildman–Crippen MR) is 65.3 cm³/mol. The van der Waals surface area contributed by atoms with Gasteiger partial charge in [0, 0.05) is 17.8 Å². The Morgan fingerprint density at radius 3 is 2.69 bits per heavy atom. The number of nitrogens with one attached hydrogen (secondary N) is 1. The van der Waals surface area contributed by atoms with Crippen molar-refractivity contribution in [2.45, 2.75) is 39.7 Å². The van der Waals surface area contributed by atoms with E-state index in [1.165, 1.54) is 18.4 Å². The fraction of sp³-hybridized carbons (Fsp3) is 0.538. The highest BCUT2D eigenvalue weighted by molar-refractivity contribution is 5.61. The topological polar surface area (TPSA) is 30.5 Å². The second-order valence-corrected chi connectivity index (χ2v) is 4.35. The molecule has 2 rings (SSSR count). The van der Waals surface area contributed by atoms with E-state index in [1.54, 1.807) is 0 Å². The molecular weight excluding hydrogens is 202 g/mol. The maximum absolute atomic E-state index is 5.37. The number of hydrogen-bond donors (Lipinski definition) is 1. The Hall–Kier alpha value is -1.38. The molecule has 0 radical (unpaired) electrons. The minimum absolute atomic E-state index is 0.336. The van der Waals surface area contributed by atoms with Crippen LogP contribution < -0.4 is 14.8 Å². The van der Waals surface area contributed by atoms with E-state index in [9.17, 15) is 0 Å². The summed E-state index contributed by atoms with van der Waals surface area (Å²) < 4.78 is 10.7. The predicted octanol–water partition coefficient (Wildman–Crippen LogP) is 3.32. The molecule has 0 aromatic heterocycles. The molecule has 0 amide bonds. The van der Waals surface area contributed by atoms with Crippen molar-refractivity contribution in [1.29, 1.82) is 0 Å². The van der Waals surface area contributed by atoms with Crippen LogP contribution in [0.15, 0.2) is 12.1 Å². The van der Waals surface area contributed by atoms with Gasteiger partial charge in [-0.3, -0.25) is 0 Å². The Kier molecular flexibility index (Phi) is 3.22. The first-order valence-corrected chi connectivity index (χ1v) is 5.87. The first kappa shape index (κ1) is 11.1. The number of rotatable bonds is 4. The monoisotopic (exact) mass is 221 g/mol. The molecule has 0 saturated carbocycles. The summed E-state index contributed by atoms with van der Waals surface area (Å²) in [6.45, 7) is 6.82. The third-order valence-corrected chi connectivity index (χ3v) is 2.84. The quantitative estimate of drug-likeness (QED) is 0.846. The maximum atomic E-state index is 5.37. The van der Waals surface area contributed by atoms with Crippen LogP contribution in [0.25, 0.3) is 0 Å². The highest BCUT2D eigenvalue weighted by Crippen LogP contribution is 2.36. The van der Waals surface area contributed by atoms with Gasteiger partial charge in [-0.15, -0.1) is 0 Å². The second kappa shape index (κ2) is 4.64. The van der Waals surface area contributed by atoms with Crippen molar-refractivity contribution in [1.82, 2.24) is 0 Å². The van der Waals surface area contributed by atoms with Crippen molar-refractivity contribution in [3.63, 3.8) is 0 Å². The van der Waals surface area contributed by atoms with Crippen molar-refractivity contribution in [2.75, 3.05) is 12.1 Å². The lowest BCUT2D eigenvalue weighted by atomic mass is 10.1. The largest absolute Gasteiger partial charge is 0.454 e. The van der Waals surface area contributed by atoms with Gasteiger partial charge in [0.1, 0.15) is 0 Å². The van der Waals surface area contributed by atoms with Crippen LogP contribution in [0.2, 0.25) is 0 Å². The number of hydrogen-bond acceptors (Lipinski definition) is 3. The zero-order chi connectivity index (χ0) is 11.5. The molecule has 88 valence electrons. The van der Waals surface area contributed by atoms with Crippen LogP contribution in [-0.2, 0) is 0 Å². The summed E-state index contributed by atoms with van der Waals surface area (Å²) in [4.78, 5) is 0. The van der Waals surface area contributed by atoms with E-state index in [1.807, 2.05) is 12.1 Å². The molecule has 3 nitrogen and oxygen atoms in total. The summed E-state index contributed by atoms with van der Waals surface area (Å²) >= 11 is 0. The Labute approximate surface area is 96.8 Å². The van der Waals surface area contributed by atoms with Crippen LogP contribution in [0.3, 0.4) is 0 Å². The van der Waals surface area contributed by atoms with E-state index >= 15 is 0 Å². The zero-order valence-electron chi connectivity index (χ0n) is 10.2. The molecule has 1 heterocycles. The lowest BCUT2D eigenvalue weighted by Crippen LogP contribution is -2.15. The third kappa shape index (κ3) is 2.23. The van der Waals surface area contributed by atoms with Gasteiger partial charge >= 0.3 is 0 Å². The number of ether oxygens (including phenoxy) is 2. The first-order chi connectivity index (χ1) is 7.70. The molecule has 0 aliphatic carbocycles. The van der Waals surface area contributed by atoms with Crippen LogP contribution >= 0.6 is 0 Å². The Morgan fingerprint density at radius 1 is 1.31 bits per heavy atom. The molecule has 1 atom stereocenters. The summed E-state index contributed by atoms with van der Waals surface area (Å²) in [6, 6.07) is 4.55. The highest BCUT2D eigenvalue weighted by Gasteiger charge is 2.16. The second-order valence-electron chi connectivity index (χ2n) is 4.35. The molecule has 1 aliphatic heterocycles. The molecule has 1 aliphatic rings. The molecule has 3 heteroatoms. The number of anilines is 1. The van der Waals surface area contributed by atoms with E-state index in [0.717, 1.165) is 17.2 Å². The third-order valence-electron chi connectivity index (χ3n) is 2.84. The maximum Gasteiger partial charge on any atom is 0.231 e. The Morgan fingerprint density at radius 2 is 2.00 bits per heavy atom. The van der Waals surface area contributed by atoms with Crippen molar-refractivity contribution in [2.24, 2.45) is 0 Å². The lowest BCUT2D eigenvalue weighted by Gasteiger charge is -2.16. The lowest BCUT2D eigenvalue weighted by molar-refractivity contribution is 0.174. The SMILES string of the molecule is CCCC(C)Nc1cc2c(cc1C)OCO2. The summed E-state index contributed by atoms with van der Waals surface area (Å²) in [5.74, 6) is 1.70. The van der Waals surface area contributed by atoms with Crippen LogP contribution in [0, 0.1) is 6.92 Å². The minimum Gasteiger partial charge on any atom is -0.454 e.